The highest BCUT2D eigenvalue weighted by Gasteiger charge is 2.15. The topological polar surface area (TPSA) is 71.3 Å². The first-order valence-corrected chi connectivity index (χ1v) is 10.5. The summed E-state index contributed by atoms with van der Waals surface area (Å²) in [5, 5.41) is 13.3. The SMILES string of the molecule is COc1cc(/C=C(/C#N)C(=O)Nc2ccccc2)cc(Cl)c1OCc1ccc(Cl)c(Cl)c1. The van der Waals surface area contributed by atoms with E-state index < -0.39 is 5.91 Å². The smallest absolute Gasteiger partial charge is 0.266 e. The summed E-state index contributed by atoms with van der Waals surface area (Å²) < 4.78 is 11.2. The van der Waals surface area contributed by atoms with Gasteiger partial charge in [0.25, 0.3) is 5.91 Å². The van der Waals surface area contributed by atoms with Crippen molar-refractivity contribution in [3.8, 4) is 17.6 Å². The Hall–Kier alpha value is -3.17. The number of anilines is 1. The zero-order valence-corrected chi connectivity index (χ0v) is 19.1. The molecule has 0 aliphatic carbocycles. The molecule has 0 radical (unpaired) electrons. The lowest BCUT2D eigenvalue weighted by molar-refractivity contribution is -0.112. The minimum absolute atomic E-state index is 0.0866. The molecule has 8 heteroatoms. The number of carbonyl (C=O) groups excluding carboxylic acids is 1. The van der Waals surface area contributed by atoms with E-state index in [9.17, 15) is 10.1 Å². The molecule has 162 valence electrons. The van der Waals surface area contributed by atoms with Gasteiger partial charge in [-0.1, -0.05) is 59.1 Å². The molecule has 3 aromatic rings. The largest absolute Gasteiger partial charge is 0.493 e. The predicted molar refractivity (Wildman–Crippen MR) is 127 cm³/mol. The fourth-order valence-electron chi connectivity index (χ4n) is 2.78. The molecule has 32 heavy (non-hydrogen) atoms. The number of nitrogens with one attached hydrogen (secondary N) is 1. The zero-order chi connectivity index (χ0) is 23.1. The minimum atomic E-state index is -0.534. The normalized spacial score (nSPS) is 10.9. The molecule has 0 aliphatic rings. The van der Waals surface area contributed by atoms with E-state index >= 15 is 0 Å². The molecule has 3 aromatic carbocycles. The van der Waals surface area contributed by atoms with Crippen molar-refractivity contribution in [2.75, 3.05) is 12.4 Å². The van der Waals surface area contributed by atoms with Gasteiger partial charge in [-0.2, -0.15) is 5.26 Å². The van der Waals surface area contributed by atoms with Crippen molar-refractivity contribution in [2.24, 2.45) is 0 Å². The number of benzene rings is 3. The molecule has 0 aromatic heterocycles. The van der Waals surface area contributed by atoms with Crippen LogP contribution >= 0.6 is 34.8 Å². The maximum absolute atomic E-state index is 12.5. The molecular weight excluding hydrogens is 471 g/mol. The van der Waals surface area contributed by atoms with Crippen LogP contribution in [0.4, 0.5) is 5.69 Å². The van der Waals surface area contributed by atoms with Crippen LogP contribution in [0, 0.1) is 11.3 Å². The van der Waals surface area contributed by atoms with Crippen molar-refractivity contribution in [1.29, 1.82) is 5.26 Å². The van der Waals surface area contributed by atoms with E-state index in [4.69, 9.17) is 44.3 Å². The standard InChI is InChI=1S/C24H17Cl3N2O3/c1-31-22-12-16(9-17(13-28)24(30)29-18-5-3-2-4-6-18)11-21(27)23(22)32-14-15-7-8-19(25)20(26)10-15/h2-12H,14H2,1H3,(H,29,30)/b17-9-. The number of carbonyl (C=O) groups is 1. The summed E-state index contributed by atoms with van der Waals surface area (Å²) in [6.07, 6.45) is 1.43. The molecule has 1 N–H and O–H groups in total. The van der Waals surface area contributed by atoms with Crippen molar-refractivity contribution in [2.45, 2.75) is 6.61 Å². The number of para-hydroxylation sites is 1. The van der Waals surface area contributed by atoms with Gasteiger partial charge in [0.1, 0.15) is 18.2 Å². The van der Waals surface area contributed by atoms with Gasteiger partial charge in [0.05, 0.1) is 22.2 Å². The number of nitrogens with zero attached hydrogens (tertiary/aromatic N) is 1. The van der Waals surface area contributed by atoms with Crippen molar-refractivity contribution in [3.63, 3.8) is 0 Å². The highest BCUT2D eigenvalue weighted by molar-refractivity contribution is 6.42. The van der Waals surface area contributed by atoms with Crippen LogP contribution in [0.5, 0.6) is 11.5 Å². The van der Waals surface area contributed by atoms with Crippen LogP contribution in [-0.2, 0) is 11.4 Å². The fraction of sp³-hybridized carbons (Fsp3) is 0.0833. The highest BCUT2D eigenvalue weighted by Crippen LogP contribution is 2.38. The molecule has 0 saturated carbocycles. The fourth-order valence-corrected chi connectivity index (χ4v) is 3.38. The second-order valence-electron chi connectivity index (χ2n) is 6.56. The van der Waals surface area contributed by atoms with Gasteiger partial charge in [-0.3, -0.25) is 4.79 Å². The molecule has 0 fully saturated rings. The number of hydrogen-bond acceptors (Lipinski definition) is 4. The Bertz CT molecular complexity index is 1210. The third-order valence-corrected chi connectivity index (χ3v) is 5.35. The van der Waals surface area contributed by atoms with Crippen molar-refractivity contribution in [1.82, 2.24) is 0 Å². The molecule has 0 unspecified atom stereocenters. The van der Waals surface area contributed by atoms with Crippen LogP contribution in [0.1, 0.15) is 11.1 Å². The average Bonchev–Trinajstić information content (AvgIpc) is 2.79. The molecule has 0 spiro atoms. The van der Waals surface area contributed by atoms with E-state index in [1.54, 1.807) is 54.6 Å². The summed E-state index contributed by atoms with van der Waals surface area (Å²) in [6.45, 7) is 0.186. The summed E-state index contributed by atoms with van der Waals surface area (Å²) in [5.74, 6) is 0.142. The van der Waals surface area contributed by atoms with E-state index in [0.29, 0.717) is 32.8 Å². The predicted octanol–water partition coefficient (Wildman–Crippen LogP) is 6.78. The van der Waals surface area contributed by atoms with Crippen molar-refractivity contribution < 1.29 is 14.3 Å². The second-order valence-corrected chi connectivity index (χ2v) is 7.78. The monoisotopic (exact) mass is 486 g/mol. The number of halogens is 3. The van der Waals surface area contributed by atoms with Crippen LogP contribution in [-0.4, -0.2) is 13.0 Å². The first kappa shape index (κ1) is 23.5. The maximum atomic E-state index is 12.5. The number of ether oxygens (including phenoxy) is 2. The van der Waals surface area contributed by atoms with Gasteiger partial charge in [-0.15, -0.1) is 0 Å². The molecule has 0 bridgehead atoms. The van der Waals surface area contributed by atoms with Crippen LogP contribution < -0.4 is 14.8 Å². The number of methoxy groups -OCH3 is 1. The Labute approximate surface area is 200 Å². The van der Waals surface area contributed by atoms with Gasteiger partial charge in [-0.25, -0.2) is 0 Å². The van der Waals surface area contributed by atoms with Crippen LogP contribution in [0.2, 0.25) is 15.1 Å². The zero-order valence-electron chi connectivity index (χ0n) is 16.9. The van der Waals surface area contributed by atoms with Gasteiger partial charge in [-0.05, 0) is 53.6 Å². The number of nitriles is 1. The van der Waals surface area contributed by atoms with Gasteiger partial charge < -0.3 is 14.8 Å². The number of hydrogen-bond donors (Lipinski definition) is 1. The third-order valence-electron chi connectivity index (χ3n) is 4.33. The first-order valence-electron chi connectivity index (χ1n) is 9.33. The lowest BCUT2D eigenvalue weighted by Gasteiger charge is -2.14. The molecule has 0 saturated heterocycles. The lowest BCUT2D eigenvalue weighted by Crippen LogP contribution is -2.13. The summed E-state index contributed by atoms with van der Waals surface area (Å²) in [4.78, 5) is 12.5. The highest BCUT2D eigenvalue weighted by atomic mass is 35.5. The van der Waals surface area contributed by atoms with Crippen LogP contribution in [0.3, 0.4) is 0 Å². The molecular formula is C24H17Cl3N2O3. The maximum Gasteiger partial charge on any atom is 0.266 e. The van der Waals surface area contributed by atoms with E-state index in [2.05, 4.69) is 5.32 Å². The van der Waals surface area contributed by atoms with Crippen molar-refractivity contribution in [3.05, 3.63) is 92.4 Å². The van der Waals surface area contributed by atoms with Crippen LogP contribution in [0.15, 0.2) is 66.2 Å². The first-order chi connectivity index (χ1) is 15.4. The van der Waals surface area contributed by atoms with Gasteiger partial charge in [0.2, 0.25) is 0 Å². The average molecular weight is 488 g/mol. The Balaban J connectivity index is 1.81. The number of amides is 1. The molecule has 1 amide bonds. The van der Waals surface area contributed by atoms with Crippen LogP contribution in [0.25, 0.3) is 6.08 Å². The van der Waals surface area contributed by atoms with E-state index in [0.717, 1.165) is 5.56 Å². The van der Waals surface area contributed by atoms with Gasteiger partial charge in [0, 0.05) is 5.69 Å². The van der Waals surface area contributed by atoms with Crippen molar-refractivity contribution >= 4 is 52.5 Å². The molecule has 0 atom stereocenters. The summed E-state index contributed by atoms with van der Waals surface area (Å²) in [6, 6.07) is 19.1. The number of rotatable bonds is 7. The third kappa shape index (κ3) is 5.95. The Kier molecular flexibility index (Phi) is 8.02. The molecule has 0 heterocycles. The minimum Gasteiger partial charge on any atom is -0.493 e. The van der Waals surface area contributed by atoms with E-state index in [1.807, 2.05) is 12.1 Å². The Morgan fingerprint density at radius 3 is 2.44 bits per heavy atom. The second kappa shape index (κ2) is 10.9. The Morgan fingerprint density at radius 2 is 1.78 bits per heavy atom. The molecule has 0 aliphatic heterocycles. The van der Waals surface area contributed by atoms with Gasteiger partial charge in [0.15, 0.2) is 11.5 Å². The van der Waals surface area contributed by atoms with E-state index in [-0.39, 0.29) is 17.2 Å². The lowest BCUT2D eigenvalue weighted by atomic mass is 10.1. The summed E-state index contributed by atoms with van der Waals surface area (Å²) in [7, 11) is 1.47. The quantitative estimate of drug-likeness (QED) is 0.294. The molecule has 3 rings (SSSR count). The Morgan fingerprint density at radius 1 is 1.03 bits per heavy atom. The van der Waals surface area contributed by atoms with Gasteiger partial charge >= 0.3 is 0 Å². The molecule has 5 nitrogen and oxygen atoms in total. The van der Waals surface area contributed by atoms with E-state index in [1.165, 1.54) is 13.2 Å². The summed E-state index contributed by atoms with van der Waals surface area (Å²) >= 11 is 18.4. The summed E-state index contributed by atoms with van der Waals surface area (Å²) in [5.41, 5.74) is 1.80.